The van der Waals surface area contributed by atoms with Crippen molar-refractivity contribution in [2.45, 2.75) is 13.0 Å². The third kappa shape index (κ3) is 4.90. The number of hydrazone groups is 1. The second-order valence-corrected chi connectivity index (χ2v) is 5.97. The van der Waals surface area contributed by atoms with Crippen LogP contribution in [0.2, 0.25) is 0 Å². The van der Waals surface area contributed by atoms with Gasteiger partial charge in [-0.3, -0.25) is 4.79 Å². The number of aromatic nitrogens is 2. The Balaban J connectivity index is 1.68. The van der Waals surface area contributed by atoms with E-state index in [1.807, 2.05) is 0 Å². The van der Waals surface area contributed by atoms with E-state index in [4.69, 9.17) is 21.7 Å². The molecule has 0 atom stereocenters. The SMILES string of the molecule is NC(=O)c1cccc(/C(N)=N/N(N)Cc2ccc(-c3nnc(C(F)F)o3)cc2)c1. The van der Waals surface area contributed by atoms with Gasteiger partial charge < -0.3 is 15.9 Å². The average Bonchev–Trinajstić information content (AvgIpc) is 3.19. The molecule has 1 heterocycles. The topological polar surface area (TPSA) is 150 Å². The zero-order valence-corrected chi connectivity index (χ0v) is 15.0. The number of hydrogen-bond acceptors (Lipinski definition) is 7. The third-order valence-corrected chi connectivity index (χ3v) is 3.85. The molecule has 1 aromatic heterocycles. The predicted molar refractivity (Wildman–Crippen MR) is 100 cm³/mol. The summed E-state index contributed by atoms with van der Waals surface area (Å²) in [5.74, 6) is 4.67. The maximum Gasteiger partial charge on any atom is 0.314 e. The largest absolute Gasteiger partial charge is 0.415 e. The van der Waals surface area contributed by atoms with Crippen molar-refractivity contribution in [1.82, 2.24) is 15.3 Å². The lowest BCUT2D eigenvalue weighted by Crippen LogP contribution is -2.29. The first kappa shape index (κ1) is 19.9. The Kier molecular flexibility index (Phi) is 5.79. The molecular formula is C18H17F2N7O2. The second-order valence-electron chi connectivity index (χ2n) is 5.97. The van der Waals surface area contributed by atoms with E-state index in [-0.39, 0.29) is 18.3 Å². The summed E-state index contributed by atoms with van der Waals surface area (Å²) in [5, 5.41) is 12.1. The lowest BCUT2D eigenvalue weighted by molar-refractivity contribution is 0.1000. The number of amidine groups is 1. The number of benzene rings is 2. The number of rotatable bonds is 7. The number of hydrogen-bond donors (Lipinski definition) is 3. The highest BCUT2D eigenvalue weighted by Crippen LogP contribution is 2.23. The Hall–Kier alpha value is -3.86. The molecule has 3 aromatic rings. The van der Waals surface area contributed by atoms with Crippen LogP contribution in [-0.4, -0.2) is 27.1 Å². The van der Waals surface area contributed by atoms with Gasteiger partial charge in [0.15, 0.2) is 5.84 Å². The van der Waals surface area contributed by atoms with Gasteiger partial charge in [-0.2, -0.15) is 8.78 Å². The zero-order valence-electron chi connectivity index (χ0n) is 15.0. The number of hydrazine groups is 1. The fourth-order valence-corrected chi connectivity index (χ4v) is 2.44. The van der Waals surface area contributed by atoms with Crippen LogP contribution < -0.4 is 17.3 Å². The van der Waals surface area contributed by atoms with Crippen LogP contribution in [0.5, 0.6) is 0 Å². The number of carbonyl (C=O) groups is 1. The van der Waals surface area contributed by atoms with Gasteiger partial charge in [-0.25, -0.2) is 11.0 Å². The summed E-state index contributed by atoms with van der Waals surface area (Å²) in [4.78, 5) is 11.3. The van der Waals surface area contributed by atoms with E-state index in [0.29, 0.717) is 16.7 Å². The minimum absolute atomic E-state index is 0.00643. The van der Waals surface area contributed by atoms with Gasteiger partial charge in [0.05, 0.1) is 6.54 Å². The van der Waals surface area contributed by atoms with Crippen LogP contribution >= 0.6 is 0 Å². The van der Waals surface area contributed by atoms with Crippen molar-refractivity contribution >= 4 is 11.7 Å². The third-order valence-electron chi connectivity index (χ3n) is 3.85. The van der Waals surface area contributed by atoms with Crippen LogP contribution in [0.15, 0.2) is 58.0 Å². The van der Waals surface area contributed by atoms with Crippen molar-refractivity contribution < 1.29 is 18.0 Å². The molecule has 0 spiro atoms. The van der Waals surface area contributed by atoms with Crippen molar-refractivity contribution in [2.75, 3.05) is 0 Å². The molecule has 6 N–H and O–H groups in total. The zero-order chi connectivity index (χ0) is 21.0. The molecule has 3 rings (SSSR count). The number of primary amides is 1. The van der Waals surface area contributed by atoms with Gasteiger partial charge in [0.1, 0.15) is 0 Å². The van der Waals surface area contributed by atoms with Gasteiger partial charge >= 0.3 is 6.43 Å². The van der Waals surface area contributed by atoms with Crippen LogP contribution in [0.25, 0.3) is 11.5 Å². The molecule has 150 valence electrons. The molecule has 2 aromatic carbocycles. The van der Waals surface area contributed by atoms with E-state index in [1.165, 1.54) is 6.07 Å². The van der Waals surface area contributed by atoms with Crippen molar-refractivity contribution in [1.29, 1.82) is 0 Å². The van der Waals surface area contributed by atoms with Crippen molar-refractivity contribution in [2.24, 2.45) is 22.4 Å². The van der Waals surface area contributed by atoms with Gasteiger partial charge in [-0.15, -0.1) is 15.3 Å². The number of carbonyl (C=O) groups excluding carboxylic acids is 1. The average molecular weight is 401 g/mol. The Bertz CT molecular complexity index is 1030. The first-order valence-electron chi connectivity index (χ1n) is 8.31. The van der Waals surface area contributed by atoms with E-state index in [1.54, 1.807) is 42.5 Å². The highest BCUT2D eigenvalue weighted by Gasteiger charge is 2.17. The highest BCUT2D eigenvalue weighted by atomic mass is 19.3. The van der Waals surface area contributed by atoms with Crippen molar-refractivity contribution in [3.05, 3.63) is 71.1 Å². The summed E-state index contributed by atoms with van der Waals surface area (Å²) in [6, 6.07) is 13.1. The summed E-state index contributed by atoms with van der Waals surface area (Å²) in [6.07, 6.45) is -2.83. The van der Waals surface area contributed by atoms with E-state index >= 15 is 0 Å². The minimum atomic E-state index is -2.83. The summed E-state index contributed by atoms with van der Waals surface area (Å²) < 4.78 is 30.0. The van der Waals surface area contributed by atoms with Crippen LogP contribution in [0, 0.1) is 0 Å². The summed E-state index contributed by atoms with van der Waals surface area (Å²) >= 11 is 0. The molecule has 0 saturated heterocycles. The lowest BCUT2D eigenvalue weighted by atomic mass is 10.1. The van der Waals surface area contributed by atoms with Gasteiger partial charge in [0, 0.05) is 16.7 Å². The maximum atomic E-state index is 12.5. The molecule has 0 aliphatic carbocycles. The Morgan fingerprint density at radius 3 is 2.41 bits per heavy atom. The standard InChI is InChI=1S/C18H17F2N7O2/c19-14(20)18-25-24-17(29-18)11-6-4-10(5-7-11)9-27(23)26-15(21)12-2-1-3-13(8-12)16(22)28/h1-8,14H,9,23H2,(H2,21,26)(H2,22,28). The molecule has 0 saturated carbocycles. The van der Waals surface area contributed by atoms with Gasteiger partial charge in [-0.05, 0) is 29.8 Å². The molecule has 29 heavy (non-hydrogen) atoms. The second kappa shape index (κ2) is 8.44. The molecule has 0 unspecified atom stereocenters. The smallest absolute Gasteiger partial charge is 0.314 e. The van der Waals surface area contributed by atoms with Crippen LogP contribution in [0.3, 0.4) is 0 Å². The van der Waals surface area contributed by atoms with Gasteiger partial charge in [0.2, 0.25) is 11.8 Å². The number of nitrogens with zero attached hydrogens (tertiary/aromatic N) is 4. The van der Waals surface area contributed by atoms with E-state index < -0.39 is 18.2 Å². The molecule has 0 fully saturated rings. The Morgan fingerprint density at radius 2 is 1.79 bits per heavy atom. The molecule has 9 nitrogen and oxygen atoms in total. The molecule has 0 aliphatic rings. The monoisotopic (exact) mass is 401 g/mol. The number of alkyl halides is 2. The highest BCUT2D eigenvalue weighted by molar-refractivity contribution is 6.00. The van der Waals surface area contributed by atoms with Crippen molar-refractivity contribution in [3.63, 3.8) is 0 Å². The van der Waals surface area contributed by atoms with E-state index in [0.717, 1.165) is 10.7 Å². The fourth-order valence-electron chi connectivity index (χ4n) is 2.44. The Labute approximate surface area is 163 Å². The summed E-state index contributed by atoms with van der Waals surface area (Å²) in [5.41, 5.74) is 13.2. The molecular weight excluding hydrogens is 384 g/mol. The molecule has 0 radical (unpaired) electrons. The predicted octanol–water partition coefficient (Wildman–Crippen LogP) is 1.77. The molecule has 1 amide bonds. The van der Waals surface area contributed by atoms with Crippen LogP contribution in [0.1, 0.15) is 33.8 Å². The summed E-state index contributed by atoms with van der Waals surface area (Å²) in [7, 11) is 0. The fraction of sp³-hybridized carbons (Fsp3) is 0.111. The lowest BCUT2D eigenvalue weighted by Gasteiger charge is -2.14. The first-order chi connectivity index (χ1) is 13.8. The molecule has 0 aliphatic heterocycles. The summed E-state index contributed by atoms with van der Waals surface area (Å²) in [6.45, 7) is 0.211. The molecule has 11 heteroatoms. The van der Waals surface area contributed by atoms with Crippen molar-refractivity contribution in [3.8, 4) is 11.5 Å². The van der Waals surface area contributed by atoms with Gasteiger partial charge in [-0.1, -0.05) is 24.3 Å². The first-order valence-corrected chi connectivity index (χ1v) is 8.31. The molecule has 0 bridgehead atoms. The number of amides is 1. The quantitative estimate of drug-likeness (QED) is 0.236. The van der Waals surface area contributed by atoms with E-state index in [2.05, 4.69) is 15.3 Å². The normalized spacial score (nSPS) is 11.7. The van der Waals surface area contributed by atoms with Gasteiger partial charge in [0.25, 0.3) is 5.89 Å². The van der Waals surface area contributed by atoms with Crippen LogP contribution in [0.4, 0.5) is 8.78 Å². The number of nitrogens with two attached hydrogens (primary N) is 3. The number of halogens is 2. The maximum absolute atomic E-state index is 12.5. The van der Waals surface area contributed by atoms with Crippen LogP contribution in [-0.2, 0) is 6.54 Å². The minimum Gasteiger partial charge on any atom is -0.415 e. The Morgan fingerprint density at radius 1 is 1.10 bits per heavy atom. The van der Waals surface area contributed by atoms with E-state index in [9.17, 15) is 13.6 Å².